The first-order chi connectivity index (χ1) is 16.2. The molecule has 33 heavy (non-hydrogen) atoms. The summed E-state index contributed by atoms with van der Waals surface area (Å²) in [5.74, 6) is 2.65. The maximum absolute atomic E-state index is 5.92. The minimum absolute atomic E-state index is 0.0403. The highest BCUT2D eigenvalue weighted by molar-refractivity contribution is 5.75. The van der Waals surface area contributed by atoms with Gasteiger partial charge in [0.15, 0.2) is 5.82 Å². The number of anilines is 3. The van der Waals surface area contributed by atoms with Gasteiger partial charge in [-0.25, -0.2) is 9.97 Å². The molecule has 1 saturated carbocycles. The first-order valence-corrected chi connectivity index (χ1v) is 11.1. The highest BCUT2D eigenvalue weighted by atomic mass is 15.2. The maximum Gasteiger partial charge on any atom is 0.221 e. The molecule has 0 bridgehead atoms. The Morgan fingerprint density at radius 2 is 1.94 bits per heavy atom. The average Bonchev–Trinajstić information content (AvgIpc) is 3.26. The van der Waals surface area contributed by atoms with Crippen molar-refractivity contribution in [1.29, 1.82) is 0 Å². The number of nitrogens with zero attached hydrogens (tertiary/aromatic N) is 4. The van der Waals surface area contributed by atoms with E-state index >= 15 is 0 Å². The minimum Gasteiger partial charge on any atom is -0.368 e. The van der Waals surface area contributed by atoms with Gasteiger partial charge in [-0.1, -0.05) is 43.3 Å². The average molecular weight is 437 g/mol. The van der Waals surface area contributed by atoms with Crippen molar-refractivity contribution in [3.8, 4) is 0 Å². The van der Waals surface area contributed by atoms with Crippen LogP contribution in [0.2, 0.25) is 0 Å². The summed E-state index contributed by atoms with van der Waals surface area (Å²) >= 11 is 0. The lowest BCUT2D eigenvalue weighted by Crippen LogP contribution is -2.07. The fourth-order valence-corrected chi connectivity index (χ4v) is 4.54. The number of aromatic amines is 2. The summed E-state index contributed by atoms with van der Waals surface area (Å²) in [5, 5.41) is 11.0. The quantitative estimate of drug-likeness (QED) is 0.303. The van der Waals surface area contributed by atoms with Crippen LogP contribution in [0, 0.1) is 0 Å². The van der Waals surface area contributed by atoms with E-state index in [1.807, 2.05) is 6.07 Å². The molecule has 0 radical (unpaired) electrons. The maximum atomic E-state index is 5.92. The first kappa shape index (κ1) is 19.5. The van der Waals surface area contributed by atoms with E-state index in [0.717, 1.165) is 40.1 Å². The number of imidazole rings is 1. The fourth-order valence-electron chi connectivity index (χ4n) is 4.54. The molecule has 5 N–H and O–H groups in total. The van der Waals surface area contributed by atoms with Gasteiger partial charge in [0.05, 0.1) is 17.4 Å². The molecule has 8 heteroatoms. The van der Waals surface area contributed by atoms with Crippen LogP contribution in [0.5, 0.6) is 0 Å². The summed E-state index contributed by atoms with van der Waals surface area (Å²) in [6, 6.07) is 18.9. The van der Waals surface area contributed by atoms with E-state index in [2.05, 4.69) is 90.9 Å². The molecule has 1 aliphatic rings. The third kappa shape index (κ3) is 3.69. The number of fused-ring (bicyclic) bond motifs is 1. The van der Waals surface area contributed by atoms with Crippen LogP contribution in [0.3, 0.4) is 0 Å². The second kappa shape index (κ2) is 7.74. The van der Waals surface area contributed by atoms with Crippen molar-refractivity contribution >= 4 is 28.6 Å². The summed E-state index contributed by atoms with van der Waals surface area (Å²) in [7, 11) is 0. The minimum atomic E-state index is 0.0403. The molecule has 3 atom stereocenters. The number of hydrogen-bond donors (Lipinski definition) is 4. The third-order valence-corrected chi connectivity index (χ3v) is 6.51. The van der Waals surface area contributed by atoms with Gasteiger partial charge in [0.1, 0.15) is 5.82 Å². The Balaban J connectivity index is 1.25. The summed E-state index contributed by atoms with van der Waals surface area (Å²) in [5.41, 5.74) is 12.4. The second-order valence-electron chi connectivity index (χ2n) is 8.63. The van der Waals surface area contributed by atoms with Gasteiger partial charge < -0.3 is 16.0 Å². The zero-order valence-corrected chi connectivity index (χ0v) is 18.2. The van der Waals surface area contributed by atoms with Crippen LogP contribution in [0.25, 0.3) is 11.0 Å². The summed E-state index contributed by atoms with van der Waals surface area (Å²) in [6.45, 7) is 2.12. The zero-order valence-electron chi connectivity index (χ0n) is 18.2. The van der Waals surface area contributed by atoms with E-state index in [4.69, 9.17) is 5.73 Å². The molecule has 0 spiro atoms. The molecule has 0 saturated heterocycles. The number of aromatic nitrogens is 6. The highest BCUT2D eigenvalue weighted by Gasteiger charge is 2.40. The van der Waals surface area contributed by atoms with Crippen LogP contribution < -0.4 is 11.1 Å². The first-order valence-electron chi connectivity index (χ1n) is 11.1. The lowest BCUT2D eigenvalue weighted by Gasteiger charge is -2.16. The van der Waals surface area contributed by atoms with Gasteiger partial charge in [0.2, 0.25) is 5.95 Å². The highest BCUT2D eigenvalue weighted by Crippen LogP contribution is 2.54. The van der Waals surface area contributed by atoms with Crippen LogP contribution in [-0.2, 0) is 0 Å². The number of rotatable bonds is 6. The van der Waals surface area contributed by atoms with Crippen molar-refractivity contribution in [1.82, 2.24) is 30.1 Å². The van der Waals surface area contributed by atoms with Gasteiger partial charge in [-0.3, -0.25) is 5.10 Å². The van der Waals surface area contributed by atoms with Crippen molar-refractivity contribution in [2.75, 3.05) is 11.1 Å². The lowest BCUT2D eigenvalue weighted by molar-refractivity contribution is 0.901. The van der Waals surface area contributed by atoms with Gasteiger partial charge in [-0.2, -0.15) is 10.1 Å². The van der Waals surface area contributed by atoms with Crippen LogP contribution in [0.4, 0.5) is 17.6 Å². The fraction of sp³-hybridized carbons (Fsp3) is 0.200. The van der Waals surface area contributed by atoms with Crippen LogP contribution in [0.1, 0.15) is 53.5 Å². The Hall–Kier alpha value is -4.20. The van der Waals surface area contributed by atoms with Crippen LogP contribution >= 0.6 is 0 Å². The topological polar surface area (TPSA) is 121 Å². The molecule has 0 unspecified atom stereocenters. The van der Waals surface area contributed by atoms with Crippen molar-refractivity contribution in [3.63, 3.8) is 0 Å². The molecule has 8 nitrogen and oxygen atoms in total. The second-order valence-corrected chi connectivity index (χ2v) is 8.63. The van der Waals surface area contributed by atoms with E-state index in [-0.39, 0.29) is 11.9 Å². The third-order valence-electron chi connectivity index (χ3n) is 6.51. The van der Waals surface area contributed by atoms with Gasteiger partial charge in [-0.15, -0.1) is 0 Å². The van der Waals surface area contributed by atoms with Crippen molar-refractivity contribution < 1.29 is 0 Å². The normalized spacial score (nSPS) is 18.3. The number of benzene rings is 2. The summed E-state index contributed by atoms with van der Waals surface area (Å²) < 4.78 is 0. The Morgan fingerprint density at radius 3 is 2.82 bits per heavy atom. The van der Waals surface area contributed by atoms with E-state index in [1.165, 1.54) is 5.56 Å². The summed E-state index contributed by atoms with van der Waals surface area (Å²) in [6.07, 6.45) is 4.61. The van der Waals surface area contributed by atoms with Gasteiger partial charge in [-0.05, 0) is 35.6 Å². The van der Waals surface area contributed by atoms with Crippen molar-refractivity contribution in [3.05, 3.63) is 89.5 Å². The number of nitrogen functional groups attached to an aromatic ring is 1. The SMILES string of the molecule is C[C@@H](c1ccc2[nH]cnc2c1)c1cnc(N)nc1Nc1cc([C@@H]2C[C@H]2c2ccccc2)[nH]n1. The predicted molar refractivity (Wildman–Crippen MR) is 128 cm³/mol. The Morgan fingerprint density at radius 1 is 1.06 bits per heavy atom. The van der Waals surface area contributed by atoms with E-state index < -0.39 is 0 Å². The molecule has 0 aliphatic heterocycles. The number of nitrogens with two attached hydrogens (primary N) is 1. The molecule has 3 aromatic heterocycles. The van der Waals surface area contributed by atoms with E-state index in [0.29, 0.717) is 17.7 Å². The van der Waals surface area contributed by atoms with Gasteiger partial charge in [0.25, 0.3) is 0 Å². The molecule has 0 amide bonds. The molecular formula is C25H24N8. The largest absolute Gasteiger partial charge is 0.368 e. The molecule has 164 valence electrons. The zero-order chi connectivity index (χ0) is 22.4. The molecule has 6 rings (SSSR count). The Labute approximate surface area is 190 Å². The Bertz CT molecular complexity index is 1420. The van der Waals surface area contributed by atoms with Crippen LogP contribution in [-0.4, -0.2) is 30.1 Å². The standard InChI is InChI=1S/C25H24N8/c1-14(16-7-8-20-22(9-16)29-13-28-20)19-12-27-25(26)31-24(19)30-23-11-21(32-33-23)18-10-17(18)15-5-3-2-4-6-15/h2-9,11-14,17-18H,10H2,1H3,(H,28,29)(H4,26,27,30,31,32,33)/t14-,17-,18+/m0/s1. The monoisotopic (exact) mass is 436 g/mol. The molecular weight excluding hydrogens is 412 g/mol. The number of H-pyrrole nitrogens is 2. The lowest BCUT2D eigenvalue weighted by atomic mass is 9.94. The summed E-state index contributed by atoms with van der Waals surface area (Å²) in [4.78, 5) is 16.2. The van der Waals surface area contributed by atoms with Crippen molar-refractivity contribution in [2.45, 2.75) is 31.1 Å². The molecule has 5 aromatic rings. The molecule has 2 aromatic carbocycles. The van der Waals surface area contributed by atoms with Gasteiger partial charge in [0, 0.05) is 35.4 Å². The molecule has 1 fully saturated rings. The van der Waals surface area contributed by atoms with E-state index in [1.54, 1.807) is 12.5 Å². The molecule has 1 aliphatic carbocycles. The van der Waals surface area contributed by atoms with E-state index in [9.17, 15) is 0 Å². The number of hydrogen-bond acceptors (Lipinski definition) is 6. The van der Waals surface area contributed by atoms with Crippen molar-refractivity contribution in [2.24, 2.45) is 0 Å². The molecule has 3 heterocycles. The van der Waals surface area contributed by atoms with Crippen LogP contribution in [0.15, 0.2) is 67.1 Å². The smallest absolute Gasteiger partial charge is 0.221 e. The Kier molecular flexibility index (Phi) is 4.57. The van der Waals surface area contributed by atoms with Gasteiger partial charge >= 0.3 is 0 Å². The predicted octanol–water partition coefficient (Wildman–Crippen LogP) is 4.82. The number of nitrogens with one attached hydrogen (secondary N) is 3.